The summed E-state index contributed by atoms with van der Waals surface area (Å²) in [5, 5.41) is 14.0. The summed E-state index contributed by atoms with van der Waals surface area (Å²) in [6.07, 6.45) is 13.8. The monoisotopic (exact) mass is 522 g/mol. The molecule has 3 rings (SSSR count). The molecule has 0 aromatic carbocycles. The second-order valence-electron chi connectivity index (χ2n) is 10.1. The van der Waals surface area contributed by atoms with Crippen LogP contribution in [0.4, 0.5) is 5.69 Å². The quantitative estimate of drug-likeness (QED) is 0.184. The molecule has 0 amide bonds. The molecule has 0 atom stereocenters. The summed E-state index contributed by atoms with van der Waals surface area (Å²) < 4.78 is 33.8. The van der Waals surface area contributed by atoms with Crippen LogP contribution in [-0.2, 0) is 14.8 Å². The summed E-state index contributed by atoms with van der Waals surface area (Å²) in [5.41, 5.74) is 0.829. The number of aromatic nitrogens is 1. The van der Waals surface area contributed by atoms with Crippen LogP contribution in [0.1, 0.15) is 64.2 Å². The molecule has 9 nitrogen and oxygen atoms in total. The molecule has 0 bridgehead atoms. The average molecular weight is 523 g/mol. The summed E-state index contributed by atoms with van der Waals surface area (Å²) in [5.74, 6) is 1.02. The SMILES string of the molecule is N=C(NCCCCCCS(=O)(=O)N(CCCN1CCOCC1)CC1CCCCC1)Nc1ccncc1. The fraction of sp³-hybridized carbons (Fsp3) is 0.769. The molecule has 1 aromatic rings. The van der Waals surface area contributed by atoms with Gasteiger partial charge in [0.1, 0.15) is 0 Å². The molecule has 2 aliphatic rings. The Morgan fingerprint density at radius 3 is 2.53 bits per heavy atom. The molecule has 10 heteroatoms. The average Bonchev–Trinajstić information content (AvgIpc) is 2.89. The second kappa shape index (κ2) is 16.2. The van der Waals surface area contributed by atoms with E-state index in [0.29, 0.717) is 32.0 Å². The van der Waals surface area contributed by atoms with Crippen LogP contribution in [0.3, 0.4) is 0 Å². The highest BCUT2D eigenvalue weighted by Crippen LogP contribution is 2.25. The lowest BCUT2D eigenvalue weighted by Gasteiger charge is -2.31. The van der Waals surface area contributed by atoms with E-state index in [4.69, 9.17) is 10.1 Å². The number of unbranched alkanes of at least 4 members (excludes halogenated alkanes) is 3. The van der Waals surface area contributed by atoms with Crippen molar-refractivity contribution in [3.05, 3.63) is 24.5 Å². The van der Waals surface area contributed by atoms with Gasteiger partial charge in [0.25, 0.3) is 0 Å². The van der Waals surface area contributed by atoms with Crippen molar-refractivity contribution in [3.8, 4) is 0 Å². The molecule has 3 N–H and O–H groups in total. The van der Waals surface area contributed by atoms with E-state index < -0.39 is 10.0 Å². The maximum absolute atomic E-state index is 13.3. The topological polar surface area (TPSA) is 111 Å². The Balaban J connectivity index is 1.34. The predicted octanol–water partition coefficient (Wildman–Crippen LogP) is 3.51. The minimum atomic E-state index is -3.24. The summed E-state index contributed by atoms with van der Waals surface area (Å²) in [6, 6.07) is 3.63. The van der Waals surface area contributed by atoms with Gasteiger partial charge in [0.05, 0.1) is 19.0 Å². The molecule has 0 unspecified atom stereocenters. The third kappa shape index (κ3) is 11.1. The molecule has 1 aliphatic carbocycles. The number of rotatable bonds is 15. The Labute approximate surface area is 217 Å². The van der Waals surface area contributed by atoms with Gasteiger partial charge in [-0.25, -0.2) is 12.7 Å². The molecule has 2 heterocycles. The zero-order valence-corrected chi connectivity index (χ0v) is 22.6. The van der Waals surface area contributed by atoms with Gasteiger partial charge in [0.15, 0.2) is 5.96 Å². The van der Waals surface area contributed by atoms with E-state index in [-0.39, 0.29) is 11.7 Å². The maximum atomic E-state index is 13.3. The molecule has 1 aliphatic heterocycles. The van der Waals surface area contributed by atoms with Crippen LogP contribution in [0.15, 0.2) is 24.5 Å². The molecule has 36 heavy (non-hydrogen) atoms. The molecule has 1 aromatic heterocycles. The van der Waals surface area contributed by atoms with Crippen LogP contribution >= 0.6 is 0 Å². The fourth-order valence-corrected chi connectivity index (χ4v) is 6.70. The minimum Gasteiger partial charge on any atom is -0.379 e. The molecule has 0 spiro atoms. The molecule has 1 saturated heterocycles. The van der Waals surface area contributed by atoms with E-state index in [9.17, 15) is 8.42 Å². The van der Waals surface area contributed by atoms with Crippen molar-refractivity contribution >= 4 is 21.7 Å². The Hall–Kier alpha value is -1.75. The number of nitrogens with zero attached hydrogens (tertiary/aromatic N) is 3. The molecular formula is C26H46N6O3S. The van der Waals surface area contributed by atoms with Crippen molar-refractivity contribution < 1.29 is 13.2 Å². The van der Waals surface area contributed by atoms with Gasteiger partial charge in [-0.3, -0.25) is 15.3 Å². The van der Waals surface area contributed by atoms with Gasteiger partial charge >= 0.3 is 0 Å². The van der Waals surface area contributed by atoms with E-state index in [2.05, 4.69) is 20.5 Å². The van der Waals surface area contributed by atoms with Gasteiger partial charge in [-0.05, 0) is 56.7 Å². The van der Waals surface area contributed by atoms with Crippen molar-refractivity contribution in [2.75, 3.05) is 63.6 Å². The lowest BCUT2D eigenvalue weighted by molar-refractivity contribution is 0.0367. The van der Waals surface area contributed by atoms with Crippen LogP contribution in [-0.4, -0.2) is 86.8 Å². The Bertz CT molecular complexity index is 842. The highest BCUT2D eigenvalue weighted by molar-refractivity contribution is 7.89. The second-order valence-corrected chi connectivity index (χ2v) is 12.2. The van der Waals surface area contributed by atoms with Crippen LogP contribution in [0.25, 0.3) is 0 Å². The van der Waals surface area contributed by atoms with Gasteiger partial charge in [-0.2, -0.15) is 0 Å². The smallest absolute Gasteiger partial charge is 0.214 e. The Morgan fingerprint density at radius 1 is 1.06 bits per heavy atom. The first-order valence-corrected chi connectivity index (χ1v) is 15.4. The first-order valence-electron chi connectivity index (χ1n) is 13.8. The zero-order valence-electron chi connectivity index (χ0n) is 21.8. The third-order valence-electron chi connectivity index (χ3n) is 7.15. The lowest BCUT2D eigenvalue weighted by Crippen LogP contribution is -2.41. The Morgan fingerprint density at radius 2 is 1.78 bits per heavy atom. The maximum Gasteiger partial charge on any atom is 0.214 e. The van der Waals surface area contributed by atoms with Gasteiger partial charge in [0.2, 0.25) is 10.0 Å². The number of pyridine rings is 1. The summed E-state index contributed by atoms with van der Waals surface area (Å²) >= 11 is 0. The number of guanidine groups is 1. The normalized spacial score (nSPS) is 17.8. The van der Waals surface area contributed by atoms with E-state index in [1.807, 2.05) is 16.4 Å². The van der Waals surface area contributed by atoms with Gasteiger partial charge in [-0.1, -0.05) is 32.1 Å². The number of morpholine rings is 1. The number of sulfonamides is 1. The zero-order chi connectivity index (χ0) is 25.5. The van der Waals surface area contributed by atoms with Crippen LogP contribution in [0.5, 0.6) is 0 Å². The number of hydrogen-bond acceptors (Lipinski definition) is 6. The van der Waals surface area contributed by atoms with Gasteiger partial charge < -0.3 is 15.4 Å². The van der Waals surface area contributed by atoms with E-state index in [1.54, 1.807) is 12.4 Å². The van der Waals surface area contributed by atoms with Crippen LogP contribution in [0, 0.1) is 11.3 Å². The standard InChI is InChI=1S/C26H46N6O3S/c27-26(30-25-11-14-28-15-12-25)29-13-6-1-2-7-22-36(33,34)32(23-24-9-4-3-5-10-24)17-8-16-31-18-20-35-21-19-31/h11-12,14-15,24H,1-10,13,16-23H2,(H3,27,28,29,30). The summed E-state index contributed by atoms with van der Waals surface area (Å²) in [6.45, 7) is 6.42. The van der Waals surface area contributed by atoms with Crippen LogP contribution < -0.4 is 10.6 Å². The van der Waals surface area contributed by atoms with Crippen molar-refractivity contribution in [1.29, 1.82) is 5.41 Å². The van der Waals surface area contributed by atoms with Crippen molar-refractivity contribution in [2.45, 2.75) is 64.2 Å². The summed E-state index contributed by atoms with van der Waals surface area (Å²) in [4.78, 5) is 6.35. The number of ether oxygens (including phenoxy) is 1. The molecule has 1 saturated carbocycles. The number of anilines is 1. The summed E-state index contributed by atoms with van der Waals surface area (Å²) in [7, 11) is -3.24. The largest absolute Gasteiger partial charge is 0.379 e. The first-order chi connectivity index (χ1) is 17.5. The minimum absolute atomic E-state index is 0.240. The molecular weight excluding hydrogens is 476 g/mol. The highest BCUT2D eigenvalue weighted by atomic mass is 32.2. The lowest BCUT2D eigenvalue weighted by atomic mass is 9.89. The predicted molar refractivity (Wildman–Crippen MR) is 146 cm³/mol. The van der Waals surface area contributed by atoms with Crippen LogP contribution in [0.2, 0.25) is 0 Å². The van der Waals surface area contributed by atoms with E-state index in [0.717, 1.165) is 77.1 Å². The molecule has 0 radical (unpaired) electrons. The highest BCUT2D eigenvalue weighted by Gasteiger charge is 2.26. The van der Waals surface area contributed by atoms with Crippen molar-refractivity contribution in [1.82, 2.24) is 19.5 Å². The van der Waals surface area contributed by atoms with E-state index >= 15 is 0 Å². The number of hydrogen-bond donors (Lipinski definition) is 3. The molecule has 204 valence electrons. The van der Waals surface area contributed by atoms with Crippen molar-refractivity contribution in [2.24, 2.45) is 5.92 Å². The Kier molecular flexibility index (Phi) is 12.9. The van der Waals surface area contributed by atoms with Gasteiger partial charge in [0, 0.05) is 50.8 Å². The van der Waals surface area contributed by atoms with Gasteiger partial charge in [-0.15, -0.1) is 0 Å². The van der Waals surface area contributed by atoms with E-state index in [1.165, 1.54) is 19.3 Å². The fourth-order valence-electron chi connectivity index (χ4n) is 5.03. The molecule has 2 fully saturated rings. The number of nitrogens with one attached hydrogen (secondary N) is 3. The third-order valence-corrected chi connectivity index (χ3v) is 9.07. The first kappa shape index (κ1) is 28.8. The van der Waals surface area contributed by atoms with Crippen molar-refractivity contribution in [3.63, 3.8) is 0 Å².